The highest BCUT2D eigenvalue weighted by Gasteiger charge is 2.06. The van der Waals surface area contributed by atoms with E-state index in [1.807, 2.05) is 30.3 Å². The molecule has 0 atom stereocenters. The topological polar surface area (TPSA) is 65.9 Å². The Labute approximate surface area is 103 Å². The van der Waals surface area contributed by atoms with Gasteiger partial charge in [-0.3, -0.25) is 0 Å². The second-order valence-corrected chi connectivity index (χ2v) is 3.80. The number of carbonyl (C=O) groups is 1. The molecule has 17 heavy (non-hydrogen) atoms. The van der Waals surface area contributed by atoms with E-state index in [1.165, 1.54) is 6.20 Å². The third-order valence-electron chi connectivity index (χ3n) is 2.22. The fourth-order valence-electron chi connectivity index (χ4n) is 1.40. The summed E-state index contributed by atoms with van der Waals surface area (Å²) in [5.74, 6) is -0.896. The molecule has 1 heterocycles. The van der Waals surface area contributed by atoms with Crippen molar-refractivity contribution in [2.24, 2.45) is 0 Å². The van der Waals surface area contributed by atoms with E-state index in [1.54, 1.807) is 0 Å². The second-order valence-electron chi connectivity index (χ2n) is 3.44. The summed E-state index contributed by atoms with van der Waals surface area (Å²) in [5, 5.41) is 10.5. The fraction of sp³-hybridized carbons (Fsp3) is 0.0833. The number of carboxylic acids is 1. The Morgan fingerprint density at radius 2 is 2.00 bits per heavy atom. The molecule has 5 heteroatoms. The number of rotatable bonds is 3. The maximum atomic E-state index is 10.6. The van der Waals surface area contributed by atoms with Gasteiger partial charge in [0.1, 0.15) is 11.0 Å². The zero-order valence-electron chi connectivity index (χ0n) is 8.76. The van der Waals surface area contributed by atoms with Crippen LogP contribution in [0.1, 0.15) is 21.7 Å². The van der Waals surface area contributed by atoms with Crippen LogP contribution in [0.2, 0.25) is 5.15 Å². The quantitative estimate of drug-likeness (QED) is 0.762. The molecule has 0 unspecified atom stereocenters. The van der Waals surface area contributed by atoms with Gasteiger partial charge in [0.15, 0.2) is 0 Å². The van der Waals surface area contributed by atoms with E-state index in [9.17, 15) is 9.90 Å². The summed E-state index contributed by atoms with van der Waals surface area (Å²) in [7, 11) is 0. The van der Waals surface area contributed by atoms with E-state index in [0.29, 0.717) is 12.2 Å². The zero-order chi connectivity index (χ0) is 12.3. The first-order valence-electron chi connectivity index (χ1n) is 4.93. The Morgan fingerprint density at radius 1 is 1.29 bits per heavy atom. The number of aromatic nitrogens is 2. The van der Waals surface area contributed by atoms with Crippen molar-refractivity contribution in [2.45, 2.75) is 6.42 Å². The third-order valence-corrected chi connectivity index (χ3v) is 2.51. The number of nitrogens with zero attached hydrogens (tertiary/aromatic N) is 2. The van der Waals surface area contributed by atoms with Gasteiger partial charge in [-0.2, -0.15) is 0 Å². The van der Waals surface area contributed by atoms with Gasteiger partial charge in [-0.15, -0.1) is 0 Å². The monoisotopic (exact) mass is 247 g/mol. The van der Waals surface area contributed by atoms with Crippen molar-refractivity contribution in [3.05, 3.63) is 58.6 Å². The van der Waals surface area contributed by atoms with Crippen LogP contribution in [0.3, 0.4) is 0 Å². The molecule has 0 aliphatic heterocycles. The lowest BCUT2D eigenvalue weighted by Gasteiger charge is -2.05. The molecular formula is C12H8ClN2O2-. The second kappa shape index (κ2) is 4.93. The lowest BCUT2D eigenvalue weighted by molar-refractivity contribution is -0.255. The molecule has 2 aromatic rings. The van der Waals surface area contributed by atoms with Crippen molar-refractivity contribution >= 4 is 17.6 Å². The number of carbonyl (C=O) groups excluding carboxylic acids is 1. The van der Waals surface area contributed by atoms with Gasteiger partial charge >= 0.3 is 0 Å². The molecule has 0 saturated heterocycles. The van der Waals surface area contributed by atoms with Crippen LogP contribution in [0.15, 0.2) is 36.5 Å². The molecule has 0 radical (unpaired) electrons. The molecule has 1 aromatic heterocycles. The van der Waals surface area contributed by atoms with Crippen molar-refractivity contribution < 1.29 is 9.90 Å². The highest BCUT2D eigenvalue weighted by molar-refractivity contribution is 6.32. The molecule has 1 aromatic carbocycles. The van der Waals surface area contributed by atoms with Crippen LogP contribution in [0, 0.1) is 0 Å². The number of hydrogen-bond donors (Lipinski definition) is 0. The summed E-state index contributed by atoms with van der Waals surface area (Å²) in [6.07, 6.45) is 1.68. The largest absolute Gasteiger partial charge is 0.545 e. The standard InChI is InChI=1S/C12H9ClN2O2/c13-11-9(12(16)17)7-14-10(15-11)6-8-4-2-1-3-5-8/h1-5,7H,6H2,(H,16,17)/p-1. The predicted octanol–water partition coefficient (Wildman–Crippen LogP) is 1.08. The van der Waals surface area contributed by atoms with Gasteiger partial charge < -0.3 is 9.90 Å². The number of hydrogen-bond acceptors (Lipinski definition) is 4. The predicted molar refractivity (Wildman–Crippen MR) is 60.6 cm³/mol. The highest BCUT2D eigenvalue weighted by Crippen LogP contribution is 2.13. The molecule has 0 aliphatic rings. The minimum Gasteiger partial charge on any atom is -0.545 e. The number of halogens is 1. The minimum absolute atomic E-state index is 0.0917. The van der Waals surface area contributed by atoms with Crippen LogP contribution >= 0.6 is 11.6 Å². The van der Waals surface area contributed by atoms with E-state index in [-0.39, 0.29) is 10.7 Å². The number of carboxylic acid groups (broad SMARTS) is 1. The van der Waals surface area contributed by atoms with Crippen molar-refractivity contribution in [3.63, 3.8) is 0 Å². The average Bonchev–Trinajstić information content (AvgIpc) is 2.30. The first kappa shape index (κ1) is 11.5. The summed E-state index contributed by atoms with van der Waals surface area (Å²) in [6.45, 7) is 0. The van der Waals surface area contributed by atoms with E-state index in [4.69, 9.17) is 11.6 Å². The molecule has 0 bridgehead atoms. The molecule has 2 rings (SSSR count). The third kappa shape index (κ3) is 2.79. The summed E-state index contributed by atoms with van der Waals surface area (Å²) in [4.78, 5) is 18.5. The molecule has 0 amide bonds. The summed E-state index contributed by atoms with van der Waals surface area (Å²) >= 11 is 5.72. The highest BCUT2D eigenvalue weighted by atomic mass is 35.5. The Balaban J connectivity index is 2.24. The van der Waals surface area contributed by atoms with Crippen molar-refractivity contribution in [1.82, 2.24) is 9.97 Å². The zero-order valence-corrected chi connectivity index (χ0v) is 9.52. The van der Waals surface area contributed by atoms with E-state index in [0.717, 1.165) is 5.56 Å². The van der Waals surface area contributed by atoms with Crippen LogP contribution in [-0.4, -0.2) is 15.9 Å². The Kier molecular flexibility index (Phi) is 3.35. The molecular weight excluding hydrogens is 240 g/mol. The maximum absolute atomic E-state index is 10.6. The van der Waals surface area contributed by atoms with Gasteiger partial charge in [-0.1, -0.05) is 41.9 Å². The van der Waals surface area contributed by atoms with E-state index < -0.39 is 5.97 Å². The number of benzene rings is 1. The van der Waals surface area contributed by atoms with Gasteiger partial charge in [-0.05, 0) is 5.56 Å². The summed E-state index contributed by atoms with van der Waals surface area (Å²) < 4.78 is 0. The molecule has 0 fully saturated rings. The van der Waals surface area contributed by atoms with Gasteiger partial charge in [0.2, 0.25) is 0 Å². The SMILES string of the molecule is O=C([O-])c1cnc(Cc2ccccc2)nc1Cl. The molecule has 0 aliphatic carbocycles. The maximum Gasteiger partial charge on any atom is 0.141 e. The molecule has 86 valence electrons. The Hall–Kier alpha value is -1.94. The molecule has 0 spiro atoms. The first-order valence-corrected chi connectivity index (χ1v) is 5.31. The van der Waals surface area contributed by atoms with Crippen LogP contribution in [0.5, 0.6) is 0 Å². The van der Waals surface area contributed by atoms with Crippen LogP contribution in [0.4, 0.5) is 0 Å². The van der Waals surface area contributed by atoms with Crippen LogP contribution < -0.4 is 5.11 Å². The van der Waals surface area contributed by atoms with Gasteiger partial charge in [0.05, 0.1) is 11.5 Å². The van der Waals surface area contributed by atoms with E-state index >= 15 is 0 Å². The molecule has 0 N–H and O–H groups in total. The van der Waals surface area contributed by atoms with Crippen molar-refractivity contribution in [2.75, 3.05) is 0 Å². The van der Waals surface area contributed by atoms with Gasteiger partial charge in [0, 0.05) is 12.6 Å². The first-order chi connectivity index (χ1) is 8.16. The lowest BCUT2D eigenvalue weighted by Crippen LogP contribution is -2.23. The fourth-order valence-corrected chi connectivity index (χ4v) is 1.62. The van der Waals surface area contributed by atoms with Crippen molar-refractivity contribution in [1.29, 1.82) is 0 Å². The summed E-state index contributed by atoms with van der Waals surface area (Å²) in [6, 6.07) is 9.60. The van der Waals surface area contributed by atoms with Crippen LogP contribution in [0.25, 0.3) is 0 Å². The van der Waals surface area contributed by atoms with Gasteiger partial charge in [-0.25, -0.2) is 9.97 Å². The van der Waals surface area contributed by atoms with Crippen LogP contribution in [-0.2, 0) is 6.42 Å². The smallest absolute Gasteiger partial charge is 0.141 e. The lowest BCUT2D eigenvalue weighted by atomic mass is 10.1. The Morgan fingerprint density at radius 3 is 2.59 bits per heavy atom. The Bertz CT molecular complexity index is 543. The average molecular weight is 248 g/mol. The minimum atomic E-state index is -1.37. The van der Waals surface area contributed by atoms with E-state index in [2.05, 4.69) is 9.97 Å². The van der Waals surface area contributed by atoms with Crippen molar-refractivity contribution in [3.8, 4) is 0 Å². The molecule has 4 nitrogen and oxygen atoms in total. The molecule has 0 saturated carbocycles. The summed E-state index contributed by atoms with van der Waals surface area (Å²) in [5.41, 5.74) is 0.841. The number of aromatic carboxylic acids is 1. The van der Waals surface area contributed by atoms with Gasteiger partial charge in [0.25, 0.3) is 0 Å². The normalized spacial score (nSPS) is 10.2.